The van der Waals surface area contributed by atoms with Crippen molar-refractivity contribution >= 4 is 32.6 Å². The zero-order valence-electron chi connectivity index (χ0n) is 18.0. The van der Waals surface area contributed by atoms with Gasteiger partial charge in [0.1, 0.15) is 5.69 Å². The molecular formula is C24H26N4OS. The molecule has 0 spiro atoms. The lowest BCUT2D eigenvalue weighted by Gasteiger charge is -2.21. The summed E-state index contributed by atoms with van der Waals surface area (Å²) in [6.45, 7) is 10.6. The highest BCUT2D eigenvalue weighted by atomic mass is 32.1. The van der Waals surface area contributed by atoms with Crippen LogP contribution < -0.4 is 4.90 Å². The predicted molar refractivity (Wildman–Crippen MR) is 123 cm³/mol. The van der Waals surface area contributed by atoms with Crippen LogP contribution >= 0.6 is 11.3 Å². The Bertz CT molecular complexity index is 1210. The van der Waals surface area contributed by atoms with E-state index in [0.717, 1.165) is 27.0 Å². The number of rotatable bonds is 5. The second kappa shape index (κ2) is 8.03. The molecule has 5 nitrogen and oxygen atoms in total. The van der Waals surface area contributed by atoms with E-state index in [1.54, 1.807) is 20.9 Å². The number of thiazole rings is 1. The molecule has 0 bridgehead atoms. The first-order valence-corrected chi connectivity index (χ1v) is 11.0. The third-order valence-corrected chi connectivity index (χ3v) is 6.34. The lowest BCUT2D eigenvalue weighted by molar-refractivity contribution is 0.0973. The quantitative estimate of drug-likeness (QED) is 0.409. The molecule has 1 amide bonds. The summed E-state index contributed by atoms with van der Waals surface area (Å²) in [5.41, 5.74) is 5.81. The van der Waals surface area contributed by atoms with Crippen LogP contribution in [-0.2, 0) is 6.54 Å². The van der Waals surface area contributed by atoms with Crippen LogP contribution in [0.3, 0.4) is 0 Å². The maximum atomic E-state index is 13.7. The highest BCUT2D eigenvalue weighted by Gasteiger charge is 2.26. The zero-order chi connectivity index (χ0) is 21.4. The summed E-state index contributed by atoms with van der Waals surface area (Å²) in [7, 11) is 0. The number of amides is 1. The lowest BCUT2D eigenvalue weighted by atomic mass is 10.1. The smallest absolute Gasteiger partial charge is 0.278 e. The van der Waals surface area contributed by atoms with Crippen molar-refractivity contribution in [1.82, 2.24) is 14.8 Å². The van der Waals surface area contributed by atoms with E-state index in [1.807, 2.05) is 57.2 Å². The fourth-order valence-corrected chi connectivity index (χ4v) is 4.55. The van der Waals surface area contributed by atoms with Crippen LogP contribution in [0.15, 0.2) is 48.5 Å². The molecule has 2 heterocycles. The van der Waals surface area contributed by atoms with Crippen molar-refractivity contribution in [3.63, 3.8) is 0 Å². The highest BCUT2D eigenvalue weighted by Crippen LogP contribution is 2.33. The van der Waals surface area contributed by atoms with Gasteiger partial charge in [0.25, 0.3) is 5.91 Å². The average molecular weight is 419 g/mol. The molecule has 30 heavy (non-hydrogen) atoms. The van der Waals surface area contributed by atoms with Crippen LogP contribution in [0, 0.1) is 20.8 Å². The molecule has 4 rings (SSSR count). The van der Waals surface area contributed by atoms with Crippen LogP contribution in [0.1, 0.15) is 52.8 Å². The first-order valence-electron chi connectivity index (χ1n) is 10.1. The largest absolute Gasteiger partial charge is 0.278 e. The van der Waals surface area contributed by atoms with Gasteiger partial charge in [0.2, 0.25) is 0 Å². The molecule has 6 heteroatoms. The topological polar surface area (TPSA) is 51.0 Å². The molecule has 2 aromatic heterocycles. The van der Waals surface area contributed by atoms with Gasteiger partial charge in [-0.15, -0.1) is 0 Å². The number of carbonyl (C=O) groups excluding carboxylic acids is 1. The Labute approximate surface area is 181 Å². The SMILES string of the molecule is Cc1cc(C(=O)N(Cc2ccccc2)c2nc3c(C)c(C)ccc3s2)n(C(C)C)n1. The fraction of sp³-hybridized carbons (Fsp3) is 0.292. The standard InChI is InChI=1S/C24H26N4OS/c1-15(2)28-20(13-17(4)26-28)23(29)27(14-19-9-7-6-8-10-19)24-25-22-18(5)16(3)11-12-21(22)30-24/h6-13,15H,14H2,1-5H3. The third-order valence-electron chi connectivity index (χ3n) is 5.30. The summed E-state index contributed by atoms with van der Waals surface area (Å²) < 4.78 is 2.89. The molecule has 0 unspecified atom stereocenters. The monoisotopic (exact) mass is 418 g/mol. The minimum absolute atomic E-state index is 0.0819. The Morgan fingerprint density at radius 3 is 2.53 bits per heavy atom. The van der Waals surface area contributed by atoms with Crippen LogP contribution in [-0.4, -0.2) is 20.7 Å². The Balaban J connectivity index is 1.83. The van der Waals surface area contributed by atoms with E-state index in [2.05, 4.69) is 31.1 Å². The molecule has 0 N–H and O–H groups in total. The molecule has 0 atom stereocenters. The van der Waals surface area contributed by atoms with E-state index in [1.165, 1.54) is 5.56 Å². The minimum Gasteiger partial charge on any atom is -0.278 e. The first-order chi connectivity index (χ1) is 14.3. The Morgan fingerprint density at radius 1 is 1.10 bits per heavy atom. The molecule has 0 saturated heterocycles. The summed E-state index contributed by atoms with van der Waals surface area (Å²) in [4.78, 5) is 20.4. The van der Waals surface area contributed by atoms with Gasteiger partial charge in [-0.2, -0.15) is 5.10 Å². The molecule has 4 aromatic rings. The van der Waals surface area contributed by atoms with E-state index in [0.29, 0.717) is 17.4 Å². The van der Waals surface area contributed by atoms with Gasteiger partial charge in [-0.25, -0.2) is 4.98 Å². The van der Waals surface area contributed by atoms with Gasteiger partial charge in [0.05, 0.1) is 22.5 Å². The van der Waals surface area contributed by atoms with E-state index >= 15 is 0 Å². The molecule has 0 radical (unpaired) electrons. The molecule has 154 valence electrons. The Morgan fingerprint density at radius 2 is 1.83 bits per heavy atom. The minimum atomic E-state index is -0.0819. The number of hydrogen-bond acceptors (Lipinski definition) is 4. The van der Waals surface area contributed by atoms with Crippen molar-refractivity contribution < 1.29 is 4.79 Å². The van der Waals surface area contributed by atoms with E-state index in [-0.39, 0.29) is 11.9 Å². The number of anilines is 1. The Kier molecular flexibility index (Phi) is 5.43. The number of hydrogen-bond donors (Lipinski definition) is 0. The number of aromatic nitrogens is 3. The number of aryl methyl sites for hydroxylation is 3. The van der Waals surface area contributed by atoms with E-state index in [4.69, 9.17) is 4.98 Å². The molecule has 0 fully saturated rings. The fourth-order valence-electron chi connectivity index (χ4n) is 3.53. The second-order valence-electron chi connectivity index (χ2n) is 7.94. The van der Waals surface area contributed by atoms with Gasteiger partial charge in [-0.05, 0) is 63.4 Å². The first kappa shape index (κ1) is 20.3. The van der Waals surface area contributed by atoms with Crippen molar-refractivity contribution in [3.8, 4) is 0 Å². The maximum absolute atomic E-state index is 13.7. The van der Waals surface area contributed by atoms with E-state index < -0.39 is 0 Å². The van der Waals surface area contributed by atoms with Crippen molar-refractivity contribution in [2.75, 3.05) is 4.90 Å². The third kappa shape index (κ3) is 3.75. The van der Waals surface area contributed by atoms with Crippen molar-refractivity contribution in [3.05, 3.63) is 76.6 Å². The van der Waals surface area contributed by atoms with Crippen molar-refractivity contribution in [2.45, 2.75) is 47.2 Å². The summed E-state index contributed by atoms with van der Waals surface area (Å²) in [5, 5.41) is 5.24. The lowest BCUT2D eigenvalue weighted by Crippen LogP contribution is -2.32. The van der Waals surface area contributed by atoms with Crippen LogP contribution in [0.4, 0.5) is 5.13 Å². The molecule has 0 saturated carbocycles. The Hall–Kier alpha value is -2.99. The summed E-state index contributed by atoms with van der Waals surface area (Å²) >= 11 is 1.56. The summed E-state index contributed by atoms with van der Waals surface area (Å²) in [5.74, 6) is -0.0819. The van der Waals surface area contributed by atoms with Crippen molar-refractivity contribution in [2.24, 2.45) is 0 Å². The molecule has 0 aliphatic heterocycles. The summed E-state index contributed by atoms with van der Waals surface area (Å²) in [6.07, 6.45) is 0. The van der Waals surface area contributed by atoms with Crippen LogP contribution in [0.25, 0.3) is 10.2 Å². The molecular weight excluding hydrogens is 392 g/mol. The maximum Gasteiger partial charge on any atom is 0.278 e. The second-order valence-corrected chi connectivity index (χ2v) is 8.95. The highest BCUT2D eigenvalue weighted by molar-refractivity contribution is 7.22. The number of benzene rings is 2. The number of nitrogens with zero attached hydrogens (tertiary/aromatic N) is 4. The number of fused-ring (bicyclic) bond motifs is 1. The normalized spacial score (nSPS) is 11.4. The van der Waals surface area contributed by atoms with Gasteiger partial charge in [-0.3, -0.25) is 14.4 Å². The van der Waals surface area contributed by atoms with Gasteiger partial charge >= 0.3 is 0 Å². The van der Waals surface area contributed by atoms with Crippen LogP contribution in [0.5, 0.6) is 0 Å². The van der Waals surface area contributed by atoms with Gasteiger partial charge in [0.15, 0.2) is 5.13 Å². The summed E-state index contributed by atoms with van der Waals surface area (Å²) in [6, 6.07) is 16.2. The molecule has 2 aromatic carbocycles. The van der Waals surface area contributed by atoms with Gasteiger partial charge in [0, 0.05) is 6.04 Å². The van der Waals surface area contributed by atoms with E-state index in [9.17, 15) is 4.79 Å². The van der Waals surface area contributed by atoms with Crippen LogP contribution in [0.2, 0.25) is 0 Å². The molecule has 0 aliphatic carbocycles. The zero-order valence-corrected chi connectivity index (χ0v) is 18.8. The van der Waals surface area contributed by atoms with Crippen molar-refractivity contribution in [1.29, 1.82) is 0 Å². The van der Waals surface area contributed by atoms with Gasteiger partial charge < -0.3 is 0 Å². The average Bonchev–Trinajstić information content (AvgIpc) is 3.33. The molecule has 0 aliphatic rings. The predicted octanol–water partition coefficient (Wildman–Crippen LogP) is 5.85. The van der Waals surface area contributed by atoms with Gasteiger partial charge in [-0.1, -0.05) is 47.7 Å². The number of carbonyl (C=O) groups is 1.